The van der Waals surface area contributed by atoms with Crippen LogP contribution >= 0.6 is 0 Å². The zero-order chi connectivity index (χ0) is 14.6. The third kappa shape index (κ3) is 3.88. The molecule has 104 valence electrons. The number of carbonyl (C=O) groups is 2. The second-order valence-corrected chi connectivity index (χ2v) is 4.85. The Labute approximate surface area is 112 Å². The number of hydrogen-bond donors (Lipinski definition) is 1. The molecule has 0 bridgehead atoms. The summed E-state index contributed by atoms with van der Waals surface area (Å²) < 4.78 is 13.9. The lowest BCUT2D eigenvalue weighted by Gasteiger charge is -2.16. The first-order valence-corrected chi connectivity index (χ1v) is 6.38. The Kier molecular flexibility index (Phi) is 5.21. The number of carboxylic acid groups (broad SMARTS) is 1. The van der Waals surface area contributed by atoms with E-state index in [4.69, 9.17) is 5.11 Å². The van der Waals surface area contributed by atoms with Crippen LogP contribution in [-0.4, -0.2) is 16.9 Å². The van der Waals surface area contributed by atoms with Crippen molar-refractivity contribution >= 4 is 11.8 Å². The second-order valence-electron chi connectivity index (χ2n) is 4.85. The first-order chi connectivity index (χ1) is 8.86. The number of benzene rings is 1. The maximum Gasteiger partial charge on any atom is 0.310 e. The highest BCUT2D eigenvalue weighted by Gasteiger charge is 2.20. The highest BCUT2D eigenvalue weighted by atomic mass is 19.1. The van der Waals surface area contributed by atoms with E-state index in [1.54, 1.807) is 6.07 Å². The van der Waals surface area contributed by atoms with Crippen molar-refractivity contribution in [2.24, 2.45) is 0 Å². The normalized spacial score (nSPS) is 13.9. The third-order valence-corrected chi connectivity index (χ3v) is 3.36. The number of hydrogen-bond acceptors (Lipinski definition) is 2. The van der Waals surface area contributed by atoms with Crippen molar-refractivity contribution in [3.05, 3.63) is 35.1 Å². The van der Waals surface area contributed by atoms with Crippen LogP contribution in [0.4, 0.5) is 4.39 Å². The fraction of sp³-hybridized carbons (Fsp3) is 0.467. The number of halogens is 1. The van der Waals surface area contributed by atoms with Gasteiger partial charge in [-0.05, 0) is 37.8 Å². The molecular formula is C15H19FO3. The molecule has 0 saturated carbocycles. The van der Waals surface area contributed by atoms with Gasteiger partial charge in [0.15, 0.2) is 0 Å². The van der Waals surface area contributed by atoms with Gasteiger partial charge in [0.2, 0.25) is 0 Å². The zero-order valence-corrected chi connectivity index (χ0v) is 11.4. The molecular weight excluding hydrogens is 247 g/mol. The topological polar surface area (TPSA) is 54.4 Å². The number of Topliss-reactive ketones (excluding diaryl/α,β-unsaturated/α-hetero) is 1. The van der Waals surface area contributed by atoms with E-state index >= 15 is 0 Å². The van der Waals surface area contributed by atoms with Gasteiger partial charge in [-0.15, -0.1) is 0 Å². The molecule has 2 unspecified atom stereocenters. The fourth-order valence-corrected chi connectivity index (χ4v) is 2.13. The van der Waals surface area contributed by atoms with E-state index in [9.17, 15) is 14.0 Å². The summed E-state index contributed by atoms with van der Waals surface area (Å²) in [7, 11) is 0. The minimum absolute atomic E-state index is 0.0128. The molecule has 0 aromatic heterocycles. The van der Waals surface area contributed by atoms with Gasteiger partial charge in [0.25, 0.3) is 0 Å². The summed E-state index contributed by atoms with van der Waals surface area (Å²) in [6, 6.07) is 4.58. The smallest absolute Gasteiger partial charge is 0.310 e. The van der Waals surface area contributed by atoms with Gasteiger partial charge in [-0.1, -0.05) is 19.1 Å². The lowest BCUT2D eigenvalue weighted by molar-refractivity contribution is -0.138. The second kappa shape index (κ2) is 6.45. The fourth-order valence-electron chi connectivity index (χ4n) is 2.13. The molecule has 1 rings (SSSR count). The molecule has 0 amide bonds. The van der Waals surface area contributed by atoms with Crippen LogP contribution in [0.1, 0.15) is 56.6 Å². The summed E-state index contributed by atoms with van der Waals surface area (Å²) in [6.45, 7) is 4.91. The van der Waals surface area contributed by atoms with Gasteiger partial charge in [-0.3, -0.25) is 4.79 Å². The lowest BCUT2D eigenvalue weighted by Crippen LogP contribution is -2.10. The van der Waals surface area contributed by atoms with E-state index in [1.807, 2.05) is 6.92 Å². The van der Waals surface area contributed by atoms with Gasteiger partial charge in [0, 0.05) is 12.0 Å². The van der Waals surface area contributed by atoms with Crippen molar-refractivity contribution in [2.45, 2.75) is 45.4 Å². The van der Waals surface area contributed by atoms with E-state index in [-0.39, 0.29) is 17.3 Å². The number of aliphatic carboxylic acids is 1. The van der Waals surface area contributed by atoms with Crippen LogP contribution in [0.15, 0.2) is 18.2 Å². The van der Waals surface area contributed by atoms with Crippen molar-refractivity contribution in [3.8, 4) is 0 Å². The predicted molar refractivity (Wildman–Crippen MR) is 70.8 cm³/mol. The van der Waals surface area contributed by atoms with Crippen molar-refractivity contribution in [1.29, 1.82) is 0 Å². The summed E-state index contributed by atoms with van der Waals surface area (Å²) in [4.78, 5) is 22.0. The van der Waals surface area contributed by atoms with Crippen LogP contribution in [0.3, 0.4) is 0 Å². The maximum atomic E-state index is 13.9. The predicted octanol–water partition coefficient (Wildman–Crippen LogP) is 3.49. The quantitative estimate of drug-likeness (QED) is 0.857. The molecule has 0 aliphatic rings. The molecule has 0 spiro atoms. The van der Waals surface area contributed by atoms with E-state index in [2.05, 4.69) is 0 Å². The molecule has 0 saturated heterocycles. The highest BCUT2D eigenvalue weighted by molar-refractivity contribution is 5.77. The van der Waals surface area contributed by atoms with E-state index in [0.29, 0.717) is 6.42 Å². The van der Waals surface area contributed by atoms with E-state index in [0.717, 1.165) is 12.0 Å². The average molecular weight is 266 g/mol. The highest BCUT2D eigenvalue weighted by Crippen LogP contribution is 2.27. The van der Waals surface area contributed by atoms with E-state index < -0.39 is 17.7 Å². The molecule has 0 heterocycles. The number of carbonyl (C=O) groups excluding carboxylic acids is 1. The van der Waals surface area contributed by atoms with Crippen LogP contribution in [0.5, 0.6) is 0 Å². The summed E-state index contributed by atoms with van der Waals surface area (Å²) in [6.07, 6.45) is 1.12. The minimum atomic E-state index is -1.05. The number of ketones is 1. The van der Waals surface area contributed by atoms with Crippen molar-refractivity contribution in [1.82, 2.24) is 0 Å². The summed E-state index contributed by atoms with van der Waals surface area (Å²) in [5.41, 5.74) is 0.922. The minimum Gasteiger partial charge on any atom is -0.481 e. The van der Waals surface area contributed by atoms with Gasteiger partial charge in [0.05, 0.1) is 5.92 Å². The Balaban J connectivity index is 3.04. The summed E-state index contributed by atoms with van der Waals surface area (Å²) in [5.74, 6) is -2.39. The SMILES string of the molecule is CCC(CC(C)=O)c1ccc(C(C)C(=O)O)c(F)c1. The zero-order valence-electron chi connectivity index (χ0n) is 11.4. The molecule has 4 heteroatoms. The van der Waals surface area contributed by atoms with Crippen LogP contribution < -0.4 is 0 Å². The Morgan fingerprint density at radius 2 is 2.00 bits per heavy atom. The monoisotopic (exact) mass is 266 g/mol. The first kappa shape index (κ1) is 15.3. The number of rotatable bonds is 6. The molecule has 1 N–H and O–H groups in total. The van der Waals surface area contributed by atoms with E-state index in [1.165, 1.54) is 26.0 Å². The van der Waals surface area contributed by atoms with Crippen LogP contribution in [0.25, 0.3) is 0 Å². The van der Waals surface area contributed by atoms with Crippen LogP contribution in [0.2, 0.25) is 0 Å². The molecule has 0 radical (unpaired) electrons. The van der Waals surface area contributed by atoms with Gasteiger partial charge >= 0.3 is 5.97 Å². The summed E-state index contributed by atoms with van der Waals surface area (Å²) in [5, 5.41) is 8.89. The van der Waals surface area contributed by atoms with Crippen LogP contribution in [-0.2, 0) is 9.59 Å². The largest absolute Gasteiger partial charge is 0.481 e. The molecule has 0 fully saturated rings. The first-order valence-electron chi connectivity index (χ1n) is 6.38. The summed E-state index contributed by atoms with van der Waals surface area (Å²) >= 11 is 0. The third-order valence-electron chi connectivity index (χ3n) is 3.36. The standard InChI is InChI=1S/C15H19FO3/c1-4-11(7-9(2)17)12-5-6-13(14(16)8-12)10(3)15(18)19/h5-6,8,10-11H,4,7H2,1-3H3,(H,18,19). The Morgan fingerprint density at radius 3 is 2.42 bits per heavy atom. The molecule has 1 aromatic carbocycles. The molecule has 0 aliphatic heterocycles. The molecule has 19 heavy (non-hydrogen) atoms. The van der Waals surface area contributed by atoms with Crippen molar-refractivity contribution in [2.75, 3.05) is 0 Å². The lowest BCUT2D eigenvalue weighted by atomic mass is 9.89. The average Bonchev–Trinajstić information content (AvgIpc) is 2.34. The van der Waals surface area contributed by atoms with Gasteiger partial charge in [-0.2, -0.15) is 0 Å². The molecule has 2 atom stereocenters. The maximum absolute atomic E-state index is 13.9. The molecule has 0 aliphatic carbocycles. The Hall–Kier alpha value is -1.71. The Morgan fingerprint density at radius 1 is 1.37 bits per heavy atom. The Bertz CT molecular complexity index is 482. The van der Waals surface area contributed by atoms with Gasteiger partial charge in [-0.25, -0.2) is 4.39 Å². The van der Waals surface area contributed by atoms with Crippen LogP contribution in [0, 0.1) is 5.82 Å². The van der Waals surface area contributed by atoms with Crippen molar-refractivity contribution in [3.63, 3.8) is 0 Å². The molecule has 3 nitrogen and oxygen atoms in total. The number of carboxylic acids is 1. The van der Waals surface area contributed by atoms with Gasteiger partial charge < -0.3 is 9.90 Å². The van der Waals surface area contributed by atoms with Gasteiger partial charge in [0.1, 0.15) is 11.6 Å². The molecule has 1 aromatic rings. The van der Waals surface area contributed by atoms with Crippen molar-refractivity contribution < 1.29 is 19.1 Å².